The molecule has 3 aromatic rings. The van der Waals surface area contributed by atoms with Gasteiger partial charge in [-0.15, -0.1) is 6.58 Å². The topological polar surface area (TPSA) is 43.6 Å². The Balaban J connectivity index is 1.84. The number of nitrogens with zero attached hydrogens (tertiary/aromatic N) is 2. The third-order valence-corrected chi connectivity index (χ3v) is 5.55. The highest BCUT2D eigenvalue weighted by Crippen LogP contribution is 2.22. The van der Waals surface area contributed by atoms with Crippen LogP contribution in [-0.2, 0) is 6.54 Å². The van der Waals surface area contributed by atoms with Crippen LogP contribution in [0.2, 0.25) is 5.02 Å². The predicted octanol–water partition coefficient (Wildman–Crippen LogP) is 5.85. The maximum Gasteiger partial charge on any atom is 0.279 e. The Morgan fingerprint density at radius 2 is 2.04 bits per heavy atom. The average Bonchev–Trinajstić information content (AvgIpc) is 3.02. The summed E-state index contributed by atoms with van der Waals surface area (Å²) in [6, 6.07) is 12.8. The highest BCUT2D eigenvalue weighted by atomic mass is 35.5. The Kier molecular flexibility index (Phi) is 7.06. The number of halogens is 1. The summed E-state index contributed by atoms with van der Waals surface area (Å²) < 4.78 is 8.64. The largest absolute Gasteiger partial charge is 0.494 e. The quantitative estimate of drug-likeness (QED) is 0.342. The number of benzene rings is 2. The Bertz CT molecular complexity index is 1030. The number of aromatic nitrogens is 1. The van der Waals surface area contributed by atoms with Gasteiger partial charge in [0.05, 0.1) is 16.8 Å². The van der Waals surface area contributed by atoms with E-state index in [1.54, 1.807) is 18.2 Å². The molecule has 0 aliphatic rings. The molecule has 0 atom stereocenters. The average molecular weight is 415 g/mol. The third kappa shape index (κ3) is 4.91. The molecule has 0 bridgehead atoms. The molecule has 2 aromatic carbocycles. The van der Waals surface area contributed by atoms with Crippen LogP contribution < -0.4 is 9.54 Å². The van der Waals surface area contributed by atoms with Crippen LogP contribution in [0, 0.1) is 0 Å². The van der Waals surface area contributed by atoms with E-state index in [0.717, 1.165) is 35.2 Å². The van der Waals surface area contributed by atoms with Gasteiger partial charge in [-0.2, -0.15) is 4.99 Å². The van der Waals surface area contributed by atoms with E-state index in [-0.39, 0.29) is 5.91 Å². The van der Waals surface area contributed by atoms with Gasteiger partial charge in [-0.1, -0.05) is 48.8 Å². The fourth-order valence-corrected chi connectivity index (χ4v) is 4.14. The summed E-state index contributed by atoms with van der Waals surface area (Å²) in [6.07, 6.45) is 5.13. The van der Waals surface area contributed by atoms with Crippen molar-refractivity contribution in [2.75, 3.05) is 6.61 Å². The Morgan fingerprint density at radius 1 is 1.25 bits per heavy atom. The van der Waals surface area contributed by atoms with E-state index in [0.29, 0.717) is 28.5 Å². The summed E-state index contributed by atoms with van der Waals surface area (Å²) >= 11 is 7.53. The first-order valence-electron chi connectivity index (χ1n) is 9.34. The lowest BCUT2D eigenvalue weighted by Gasteiger charge is -2.05. The first kappa shape index (κ1) is 20.4. The molecule has 0 spiro atoms. The number of ether oxygens (including phenoxy) is 1. The molecular weight excluding hydrogens is 392 g/mol. The van der Waals surface area contributed by atoms with Gasteiger partial charge in [0.25, 0.3) is 5.91 Å². The second kappa shape index (κ2) is 9.71. The van der Waals surface area contributed by atoms with E-state index in [1.165, 1.54) is 11.3 Å². The second-order valence-electron chi connectivity index (χ2n) is 6.39. The van der Waals surface area contributed by atoms with Gasteiger partial charge in [0, 0.05) is 17.1 Å². The maximum absolute atomic E-state index is 12.7. The van der Waals surface area contributed by atoms with Gasteiger partial charge in [-0.3, -0.25) is 4.79 Å². The molecule has 6 heteroatoms. The van der Waals surface area contributed by atoms with Gasteiger partial charge in [0.15, 0.2) is 4.80 Å². The van der Waals surface area contributed by atoms with E-state index < -0.39 is 0 Å². The molecule has 0 saturated carbocycles. The number of allylic oxidation sites excluding steroid dienone is 1. The number of fused-ring (bicyclic) bond motifs is 1. The molecule has 0 aliphatic heterocycles. The van der Waals surface area contributed by atoms with Crippen molar-refractivity contribution >= 4 is 39.1 Å². The van der Waals surface area contributed by atoms with Crippen molar-refractivity contribution in [1.29, 1.82) is 0 Å². The lowest BCUT2D eigenvalue weighted by molar-refractivity contribution is 0.0998. The summed E-state index contributed by atoms with van der Waals surface area (Å²) in [6.45, 7) is 7.22. The minimum absolute atomic E-state index is 0.284. The van der Waals surface area contributed by atoms with Crippen molar-refractivity contribution < 1.29 is 9.53 Å². The van der Waals surface area contributed by atoms with Gasteiger partial charge in [-0.25, -0.2) is 0 Å². The number of amides is 1. The van der Waals surface area contributed by atoms with Crippen molar-refractivity contribution in [1.82, 2.24) is 4.57 Å². The van der Waals surface area contributed by atoms with Crippen LogP contribution in [0.15, 0.2) is 60.1 Å². The normalized spacial score (nSPS) is 11.7. The lowest BCUT2D eigenvalue weighted by atomic mass is 10.2. The summed E-state index contributed by atoms with van der Waals surface area (Å²) in [7, 11) is 0. The molecule has 4 nitrogen and oxygen atoms in total. The van der Waals surface area contributed by atoms with E-state index in [1.807, 2.05) is 34.9 Å². The standard InChI is InChI=1S/C22H23ClN2O2S/c1-3-5-6-14-27-18-10-7-16(8-11-18)21(26)24-22-25(13-4-2)19-12-9-17(23)15-20(19)28-22/h4,7-12,15H,2-3,5-6,13-14H2,1H3. The number of hydrogen-bond acceptors (Lipinski definition) is 3. The Morgan fingerprint density at radius 3 is 2.75 bits per heavy atom. The van der Waals surface area contributed by atoms with E-state index in [2.05, 4.69) is 18.5 Å². The minimum atomic E-state index is -0.284. The van der Waals surface area contributed by atoms with Gasteiger partial charge >= 0.3 is 0 Å². The van der Waals surface area contributed by atoms with Gasteiger partial charge < -0.3 is 9.30 Å². The highest BCUT2D eigenvalue weighted by Gasteiger charge is 2.09. The fraction of sp³-hybridized carbons (Fsp3) is 0.273. The van der Waals surface area contributed by atoms with Crippen molar-refractivity contribution in [3.05, 3.63) is 70.5 Å². The Hall–Kier alpha value is -2.37. The zero-order valence-corrected chi connectivity index (χ0v) is 17.4. The number of carbonyl (C=O) groups is 1. The molecule has 3 rings (SSSR count). The van der Waals surface area contributed by atoms with E-state index in [9.17, 15) is 4.79 Å². The molecule has 0 aliphatic carbocycles. The monoisotopic (exact) mass is 414 g/mol. The summed E-state index contributed by atoms with van der Waals surface area (Å²) in [5.74, 6) is 0.485. The molecule has 0 unspecified atom stereocenters. The number of carbonyl (C=O) groups excluding carboxylic acids is 1. The van der Waals surface area contributed by atoms with Crippen molar-refractivity contribution in [2.45, 2.75) is 32.7 Å². The molecule has 1 amide bonds. The van der Waals surface area contributed by atoms with Crippen LogP contribution in [0.25, 0.3) is 10.2 Å². The minimum Gasteiger partial charge on any atom is -0.494 e. The number of hydrogen-bond donors (Lipinski definition) is 0. The van der Waals surface area contributed by atoms with Crippen molar-refractivity contribution in [3.63, 3.8) is 0 Å². The second-order valence-corrected chi connectivity index (χ2v) is 7.84. The van der Waals surface area contributed by atoms with Crippen LogP contribution in [-0.4, -0.2) is 17.1 Å². The van der Waals surface area contributed by atoms with Crippen LogP contribution in [0.1, 0.15) is 36.5 Å². The Labute approximate surface area is 173 Å². The molecule has 0 fully saturated rings. The fourth-order valence-electron chi connectivity index (χ4n) is 2.83. The number of unbranched alkanes of at least 4 members (excludes halogenated alkanes) is 2. The molecular formula is C22H23ClN2O2S. The number of rotatable bonds is 8. The van der Waals surface area contributed by atoms with Crippen LogP contribution >= 0.6 is 22.9 Å². The summed E-state index contributed by atoms with van der Waals surface area (Å²) in [4.78, 5) is 17.6. The van der Waals surface area contributed by atoms with Gasteiger partial charge in [0.1, 0.15) is 5.75 Å². The van der Waals surface area contributed by atoms with Crippen LogP contribution in [0.4, 0.5) is 0 Å². The zero-order valence-electron chi connectivity index (χ0n) is 15.9. The summed E-state index contributed by atoms with van der Waals surface area (Å²) in [5, 5.41) is 0.659. The summed E-state index contributed by atoms with van der Waals surface area (Å²) in [5.41, 5.74) is 1.51. The maximum atomic E-state index is 12.7. The molecule has 0 saturated heterocycles. The SMILES string of the molecule is C=CCn1c(=NC(=O)c2ccc(OCCCCC)cc2)sc2cc(Cl)ccc21. The van der Waals surface area contributed by atoms with Gasteiger partial charge in [-0.05, 0) is 48.9 Å². The highest BCUT2D eigenvalue weighted by molar-refractivity contribution is 7.16. The molecule has 1 aromatic heterocycles. The zero-order chi connectivity index (χ0) is 19.9. The van der Waals surface area contributed by atoms with Gasteiger partial charge in [0.2, 0.25) is 0 Å². The number of thiazole rings is 1. The van der Waals surface area contributed by atoms with Crippen LogP contribution in [0.3, 0.4) is 0 Å². The smallest absolute Gasteiger partial charge is 0.279 e. The predicted molar refractivity (Wildman–Crippen MR) is 116 cm³/mol. The molecule has 0 radical (unpaired) electrons. The molecule has 146 valence electrons. The molecule has 1 heterocycles. The van der Waals surface area contributed by atoms with Crippen molar-refractivity contribution in [2.24, 2.45) is 4.99 Å². The van der Waals surface area contributed by atoms with Crippen LogP contribution in [0.5, 0.6) is 5.75 Å². The first-order valence-corrected chi connectivity index (χ1v) is 10.5. The molecule has 28 heavy (non-hydrogen) atoms. The lowest BCUT2D eigenvalue weighted by Crippen LogP contribution is -2.16. The molecule has 0 N–H and O–H groups in total. The third-order valence-electron chi connectivity index (χ3n) is 4.27. The van der Waals surface area contributed by atoms with E-state index >= 15 is 0 Å². The first-order chi connectivity index (χ1) is 13.6. The van der Waals surface area contributed by atoms with Crippen molar-refractivity contribution in [3.8, 4) is 5.75 Å². The van der Waals surface area contributed by atoms with E-state index in [4.69, 9.17) is 16.3 Å².